The van der Waals surface area contributed by atoms with Crippen LogP contribution in [0.15, 0.2) is 189 Å². The highest BCUT2D eigenvalue weighted by Gasteiger charge is 2.46. The third kappa shape index (κ3) is 15.8. The molecule has 0 aliphatic heterocycles. The van der Waals surface area contributed by atoms with Gasteiger partial charge in [0, 0.05) is 37.2 Å². The van der Waals surface area contributed by atoms with Crippen LogP contribution in [0.1, 0.15) is 173 Å². The highest BCUT2D eigenvalue weighted by molar-refractivity contribution is 6.15. The number of aromatic nitrogens is 7. The Morgan fingerprint density at radius 2 is 0.740 bits per heavy atom. The number of benzene rings is 7. The van der Waals surface area contributed by atoms with Gasteiger partial charge in [0.05, 0.1) is 150 Å². The Hall–Kier alpha value is -14.9. The minimum absolute atomic E-state index is 0.0630. The molecule has 0 radical (unpaired) electrons. The van der Waals surface area contributed by atoms with Crippen LogP contribution in [-0.2, 0) is 32.4 Å². The predicted octanol–water partition coefficient (Wildman–Crippen LogP) is 15.7. The van der Waals surface area contributed by atoms with Crippen LogP contribution in [0.4, 0.5) is 0 Å². The topological polar surface area (TPSA) is 396 Å². The molecule has 1 fully saturated rings. The largest absolute Gasteiger partial charge is 0.494 e. The Balaban J connectivity index is 0.623. The number of aryl methyl sites for hydroxylation is 2. The van der Waals surface area contributed by atoms with Gasteiger partial charge < -0.3 is 69.3 Å². The van der Waals surface area contributed by atoms with Crippen molar-refractivity contribution in [3.63, 3.8) is 0 Å². The number of unbranched alkanes of at least 4 members (excludes halogenated alkanes) is 7. The SMILES string of the molecule is CCCCCCOC1CCC(c2ccc(OCCCCOC(=O)c3cc(-n4c(O)c5c(c4O)-c4c-5c(O)n(-c5cc(C(=O)OCCCCc6ccncc6)cc(-n6c(O)c7c(c6O)-c6c-7c(O)n(-c7cc(C)cc(C(=O)OCCCCCOc8ccc(C(=O)c9ccccc9)cc8)c7)c6O)c5)c4O)cc(-n4c(=O)c5cc6c(=O)n(C)c(=O)c6cc5c4=O)c3)cc2)CC1. The van der Waals surface area contributed by atoms with E-state index in [0.29, 0.717) is 103 Å². The minimum atomic E-state index is -0.962. The number of esters is 3. The first-order chi connectivity index (χ1) is 61.5. The van der Waals surface area contributed by atoms with E-state index in [1.165, 1.54) is 74.3 Å². The lowest BCUT2D eigenvalue weighted by molar-refractivity contribution is 0.0226. The van der Waals surface area contributed by atoms with Gasteiger partial charge in [-0.1, -0.05) is 68.7 Å². The van der Waals surface area contributed by atoms with Gasteiger partial charge in [-0.15, -0.1) is 0 Å². The second-order valence-electron chi connectivity index (χ2n) is 32.4. The van der Waals surface area contributed by atoms with Gasteiger partial charge in [0.1, 0.15) is 11.5 Å². The molecule has 29 nitrogen and oxygen atoms in total. The molecule has 0 atom stereocenters. The van der Waals surface area contributed by atoms with Crippen molar-refractivity contribution in [2.24, 2.45) is 7.05 Å². The standard InChI is InChI=1S/C98H91N7O22/c1-4-5-6-12-37-122-68-27-21-56(22-28-68)57-23-29-69(30-24-57)124-39-16-17-42-127-98(121)61-46-64(101-86(109)73-52-71-72(53-74(73)87(101)110)85(108)100(3)84(71)107)50-65(47-61)103-92(115)79-80(93(103)116)82-81(79)94(117)105(95(82)118)67-49-62(97(120)126-41-15-11-18-55-33-35-99-36-34-55)48-66(51-67)104-90(113)77-75-76(78(77)91(104)114)89(112)102(88(75)111)63-44-54(2)43-60(45-63)96(119)125-40-14-8-13-38-123-70-31-25-59(26-32-70)83(106)58-19-9-7-10-20-58/h7,9-10,19-20,23-26,29-36,43-53,56,68,111-118H,4-6,8,11-18,21-22,27-28,37-42H2,1-3H3. The minimum Gasteiger partial charge on any atom is -0.494 e. The maximum Gasteiger partial charge on any atom is 0.338 e. The average Bonchev–Trinajstić information content (AvgIpc) is 1.52. The molecule has 8 N–H and O–H groups in total. The van der Waals surface area contributed by atoms with Crippen LogP contribution in [0.25, 0.3) is 94.5 Å². The number of ketones is 1. The summed E-state index contributed by atoms with van der Waals surface area (Å²) >= 11 is 0. The zero-order chi connectivity index (χ0) is 88.7. The Morgan fingerprint density at radius 3 is 1.20 bits per heavy atom. The van der Waals surface area contributed by atoms with Gasteiger partial charge in [-0.2, -0.15) is 0 Å². The number of ether oxygens (including phenoxy) is 6. The highest BCUT2D eigenvalue weighted by atomic mass is 16.5. The summed E-state index contributed by atoms with van der Waals surface area (Å²) in [6.45, 7) is 5.21. The third-order valence-corrected chi connectivity index (χ3v) is 24.1. The van der Waals surface area contributed by atoms with Crippen molar-refractivity contribution in [2.75, 3.05) is 39.6 Å². The van der Waals surface area contributed by atoms with Gasteiger partial charge >= 0.3 is 17.9 Å². The molecule has 3 aliphatic carbocycles. The number of carbonyl (C=O) groups is 4. The van der Waals surface area contributed by atoms with Gasteiger partial charge in [-0.25, -0.2) is 19.0 Å². The van der Waals surface area contributed by atoms with Crippen LogP contribution in [0.3, 0.4) is 0 Å². The van der Waals surface area contributed by atoms with Crippen molar-refractivity contribution in [1.82, 2.24) is 32.4 Å². The van der Waals surface area contributed by atoms with Crippen molar-refractivity contribution >= 4 is 45.2 Å². The zero-order valence-corrected chi connectivity index (χ0v) is 69.8. The molecule has 17 rings (SSSR count). The van der Waals surface area contributed by atoms with Crippen LogP contribution in [-0.4, -0.2) is 143 Å². The fourth-order valence-corrected chi connectivity index (χ4v) is 17.5. The Morgan fingerprint density at radius 1 is 0.370 bits per heavy atom. The van der Waals surface area contributed by atoms with E-state index in [1.807, 2.05) is 30.3 Å². The summed E-state index contributed by atoms with van der Waals surface area (Å²) in [4.78, 5) is 115. The van der Waals surface area contributed by atoms with E-state index < -0.39 is 87.2 Å². The van der Waals surface area contributed by atoms with Crippen molar-refractivity contribution in [2.45, 2.75) is 129 Å². The number of aromatic hydroxyl groups is 8. The molecule has 7 aromatic heterocycles. The monoisotopic (exact) mass is 1720 g/mol. The lowest BCUT2D eigenvalue weighted by atomic mass is 9.83. The first-order valence-corrected chi connectivity index (χ1v) is 42.6. The zero-order valence-electron chi connectivity index (χ0n) is 69.8. The molecule has 1 saturated carbocycles. The van der Waals surface area contributed by atoms with E-state index in [0.717, 1.165) is 79.2 Å². The fourth-order valence-electron chi connectivity index (χ4n) is 17.5. The molecule has 127 heavy (non-hydrogen) atoms. The number of pyridine rings is 1. The van der Waals surface area contributed by atoms with Crippen LogP contribution >= 0.6 is 0 Å². The number of hydrogen-bond acceptors (Lipinski definition) is 23. The maximum absolute atomic E-state index is 14.6. The number of carbonyl (C=O) groups excluding carboxylic acids is 4. The summed E-state index contributed by atoms with van der Waals surface area (Å²) in [5, 5.41) is 98.1. The van der Waals surface area contributed by atoms with E-state index >= 15 is 0 Å². The molecule has 0 unspecified atom stereocenters. The van der Waals surface area contributed by atoms with E-state index in [2.05, 4.69) is 24.0 Å². The van der Waals surface area contributed by atoms with Gasteiger partial charge in [0.15, 0.2) is 5.78 Å². The lowest BCUT2D eigenvalue weighted by Gasteiger charge is -2.29. The third-order valence-electron chi connectivity index (χ3n) is 24.1. The van der Waals surface area contributed by atoms with Gasteiger partial charge in [0.25, 0.3) is 22.2 Å². The number of fused-ring (bicyclic) bond motifs is 10. The van der Waals surface area contributed by atoms with E-state index in [4.69, 9.17) is 28.4 Å². The maximum atomic E-state index is 14.6. The smallest absolute Gasteiger partial charge is 0.338 e. The normalized spacial score (nSPS) is 13.7. The molecule has 0 saturated heterocycles. The molecular weight excluding hydrogens is 1630 g/mol. The second kappa shape index (κ2) is 35.4. The molecule has 29 heteroatoms. The van der Waals surface area contributed by atoms with Crippen molar-refractivity contribution in [3.05, 3.63) is 256 Å². The molecule has 0 bridgehead atoms. The first-order valence-electron chi connectivity index (χ1n) is 42.6. The Bertz CT molecular complexity index is 6690. The van der Waals surface area contributed by atoms with Crippen LogP contribution < -0.4 is 31.7 Å². The van der Waals surface area contributed by atoms with Crippen molar-refractivity contribution < 1.29 is 88.5 Å². The average molecular weight is 1720 g/mol. The summed E-state index contributed by atoms with van der Waals surface area (Å²) < 4.78 is 40.6. The molecule has 7 heterocycles. The summed E-state index contributed by atoms with van der Waals surface area (Å²) in [5.74, 6) is -6.79. The molecule has 14 aromatic rings. The van der Waals surface area contributed by atoms with Gasteiger partial charge in [-0.3, -0.25) is 51.8 Å². The summed E-state index contributed by atoms with van der Waals surface area (Å²) in [6.07, 6.45) is 16.7. The van der Waals surface area contributed by atoms with E-state index in [9.17, 15) is 79.2 Å². The second-order valence-corrected chi connectivity index (χ2v) is 32.4. The van der Waals surface area contributed by atoms with Crippen molar-refractivity contribution in [3.8, 4) is 131 Å². The first kappa shape index (κ1) is 84.3. The van der Waals surface area contributed by atoms with Gasteiger partial charge in [0.2, 0.25) is 47.0 Å². The van der Waals surface area contributed by atoms with E-state index in [-0.39, 0.29) is 143 Å². The predicted molar refractivity (Wildman–Crippen MR) is 471 cm³/mol. The Kier molecular flexibility index (Phi) is 23.5. The van der Waals surface area contributed by atoms with Crippen LogP contribution in [0.2, 0.25) is 0 Å². The quantitative estimate of drug-likeness (QED) is 0.00791. The van der Waals surface area contributed by atoms with Crippen LogP contribution in [0.5, 0.6) is 58.5 Å². The highest BCUT2D eigenvalue weighted by Crippen LogP contribution is 2.68. The number of nitrogens with zero attached hydrogens (tertiary/aromatic N) is 7. The molecule has 0 spiro atoms. The van der Waals surface area contributed by atoms with Crippen LogP contribution in [0, 0.1) is 6.92 Å². The molecule has 650 valence electrons. The molecule has 7 aromatic carbocycles. The fraction of sp³-hybridized carbons (Fsp3) is 0.276. The Labute approximate surface area is 725 Å². The summed E-state index contributed by atoms with van der Waals surface area (Å²) in [6, 6.07) is 41.8. The summed E-state index contributed by atoms with van der Waals surface area (Å²) in [7, 11) is 1.26. The number of hydrogen-bond donors (Lipinski definition) is 8. The van der Waals surface area contributed by atoms with Gasteiger partial charge in [-0.05, 0) is 228 Å². The molecule has 0 amide bonds. The molecule has 3 aliphatic rings. The van der Waals surface area contributed by atoms with Crippen molar-refractivity contribution in [1.29, 1.82) is 0 Å². The lowest BCUT2D eigenvalue weighted by Crippen LogP contribution is -2.24. The summed E-state index contributed by atoms with van der Waals surface area (Å²) in [5.41, 5.74) is -2.26. The molecular formula is C98H91N7O22. The van der Waals surface area contributed by atoms with E-state index in [1.54, 1.807) is 80.0 Å². The number of rotatable bonds is 35.